The van der Waals surface area contributed by atoms with Crippen molar-refractivity contribution in [2.45, 2.75) is 11.5 Å². The first-order valence-electron chi connectivity index (χ1n) is 10.1. The van der Waals surface area contributed by atoms with Gasteiger partial charge >= 0.3 is 0 Å². The van der Waals surface area contributed by atoms with Crippen LogP contribution in [0.4, 0.5) is 0 Å². The summed E-state index contributed by atoms with van der Waals surface area (Å²) in [5.41, 5.74) is 3.55. The summed E-state index contributed by atoms with van der Waals surface area (Å²) < 4.78 is 29.3. The van der Waals surface area contributed by atoms with E-state index in [9.17, 15) is 13.2 Å². The fourth-order valence-electron chi connectivity index (χ4n) is 3.35. The minimum atomic E-state index is -4.04. The highest BCUT2D eigenvalue weighted by Crippen LogP contribution is 2.27. The standard InChI is InChI=1S/C26H20ClNO4S/c27-24-14-13-22(16-25(24)33(28,30)31)26(29)20-11-9-19(10-12-20)21-7-4-8-23(15-21)32-17-18-5-2-1-3-6-18/h1-16H,17H2,(H2,28,30,31). The van der Waals surface area contributed by atoms with E-state index in [1.54, 1.807) is 12.1 Å². The number of ketones is 1. The molecule has 7 heteroatoms. The van der Waals surface area contributed by atoms with E-state index < -0.39 is 10.0 Å². The van der Waals surface area contributed by atoms with Crippen LogP contribution in [0.5, 0.6) is 5.75 Å². The third-order valence-corrected chi connectivity index (χ3v) is 6.46. The molecule has 166 valence electrons. The number of ether oxygens (including phenoxy) is 1. The van der Waals surface area contributed by atoms with Gasteiger partial charge in [-0.2, -0.15) is 0 Å². The minimum absolute atomic E-state index is 0.0289. The van der Waals surface area contributed by atoms with Crippen molar-refractivity contribution in [3.8, 4) is 16.9 Å². The lowest BCUT2D eigenvalue weighted by Crippen LogP contribution is -2.14. The van der Waals surface area contributed by atoms with E-state index in [2.05, 4.69) is 0 Å². The first-order chi connectivity index (χ1) is 15.8. The molecule has 5 nitrogen and oxygen atoms in total. The summed E-state index contributed by atoms with van der Waals surface area (Å²) in [6.45, 7) is 0.472. The monoisotopic (exact) mass is 477 g/mol. The van der Waals surface area contributed by atoms with Crippen LogP contribution in [0.2, 0.25) is 5.02 Å². The van der Waals surface area contributed by atoms with Gasteiger partial charge in [-0.1, -0.05) is 78.3 Å². The molecule has 0 fully saturated rings. The first-order valence-corrected chi connectivity index (χ1v) is 12.0. The third-order valence-electron chi connectivity index (χ3n) is 5.06. The summed E-state index contributed by atoms with van der Waals surface area (Å²) in [7, 11) is -4.04. The molecule has 0 unspecified atom stereocenters. The molecule has 4 aromatic carbocycles. The van der Waals surface area contributed by atoms with Crippen molar-refractivity contribution >= 4 is 27.4 Å². The lowest BCUT2D eigenvalue weighted by Gasteiger charge is -2.09. The van der Waals surface area contributed by atoms with Crippen LogP contribution >= 0.6 is 11.6 Å². The highest BCUT2D eigenvalue weighted by molar-refractivity contribution is 7.89. The Morgan fingerprint density at radius 2 is 1.48 bits per heavy atom. The fourth-order valence-corrected chi connectivity index (χ4v) is 4.42. The zero-order valence-corrected chi connectivity index (χ0v) is 19.0. The van der Waals surface area contributed by atoms with E-state index in [-0.39, 0.29) is 21.3 Å². The summed E-state index contributed by atoms with van der Waals surface area (Å²) in [6.07, 6.45) is 0. The molecule has 0 aliphatic carbocycles. The van der Waals surface area contributed by atoms with Gasteiger partial charge in [-0.3, -0.25) is 4.79 Å². The summed E-state index contributed by atoms with van der Waals surface area (Å²) in [5.74, 6) is 0.413. The fraction of sp³-hybridized carbons (Fsp3) is 0.0385. The molecule has 0 saturated heterocycles. The molecule has 0 bridgehead atoms. The second kappa shape index (κ2) is 9.58. The van der Waals surface area contributed by atoms with E-state index >= 15 is 0 Å². The zero-order chi connectivity index (χ0) is 23.4. The summed E-state index contributed by atoms with van der Waals surface area (Å²) in [5, 5.41) is 5.15. The van der Waals surface area contributed by atoms with Crippen molar-refractivity contribution in [1.82, 2.24) is 0 Å². The number of primary sulfonamides is 1. The molecule has 0 aliphatic rings. The lowest BCUT2D eigenvalue weighted by atomic mass is 9.99. The average Bonchev–Trinajstić information content (AvgIpc) is 2.83. The van der Waals surface area contributed by atoms with Gasteiger partial charge in [0.2, 0.25) is 10.0 Å². The largest absolute Gasteiger partial charge is 0.489 e. The van der Waals surface area contributed by atoms with E-state index in [1.807, 2.05) is 66.7 Å². The number of sulfonamides is 1. The van der Waals surface area contributed by atoms with Crippen molar-refractivity contribution in [2.75, 3.05) is 0 Å². The van der Waals surface area contributed by atoms with Gasteiger partial charge in [0.1, 0.15) is 17.3 Å². The van der Waals surface area contributed by atoms with Gasteiger partial charge in [0.25, 0.3) is 0 Å². The van der Waals surface area contributed by atoms with Gasteiger partial charge in [-0.15, -0.1) is 0 Å². The molecule has 2 N–H and O–H groups in total. The molecule has 0 aliphatic heterocycles. The Hall–Kier alpha value is -3.45. The van der Waals surface area contributed by atoms with Crippen molar-refractivity contribution in [1.29, 1.82) is 0 Å². The third kappa shape index (κ3) is 5.49. The second-order valence-electron chi connectivity index (χ2n) is 7.40. The Morgan fingerprint density at radius 3 is 2.18 bits per heavy atom. The van der Waals surface area contributed by atoms with Gasteiger partial charge in [0.05, 0.1) is 5.02 Å². The van der Waals surface area contributed by atoms with Gasteiger partial charge in [-0.05, 0) is 47.0 Å². The first kappa shape index (κ1) is 22.7. The number of hydrogen-bond donors (Lipinski definition) is 1. The quantitative estimate of drug-likeness (QED) is 0.358. The van der Waals surface area contributed by atoms with Crippen LogP contribution in [0.15, 0.2) is 102 Å². The summed E-state index contributed by atoms with van der Waals surface area (Å²) in [4.78, 5) is 12.6. The molecule has 0 heterocycles. The highest BCUT2D eigenvalue weighted by Gasteiger charge is 2.17. The normalized spacial score (nSPS) is 11.2. The van der Waals surface area contributed by atoms with Crippen molar-refractivity contribution < 1.29 is 17.9 Å². The molecule has 0 atom stereocenters. The number of carbonyl (C=O) groups excluding carboxylic acids is 1. The van der Waals surface area contributed by atoms with E-state index in [0.29, 0.717) is 12.2 Å². The molecule has 0 aromatic heterocycles. The molecule has 4 aromatic rings. The van der Waals surface area contributed by atoms with Crippen LogP contribution in [0.25, 0.3) is 11.1 Å². The van der Waals surface area contributed by atoms with E-state index in [4.69, 9.17) is 21.5 Å². The minimum Gasteiger partial charge on any atom is -0.489 e. The van der Waals surface area contributed by atoms with Gasteiger partial charge in [0.15, 0.2) is 5.78 Å². The Labute approximate surface area is 197 Å². The van der Waals surface area contributed by atoms with Crippen LogP contribution in [-0.4, -0.2) is 14.2 Å². The molecular weight excluding hydrogens is 458 g/mol. The Morgan fingerprint density at radius 1 is 0.788 bits per heavy atom. The van der Waals surface area contributed by atoms with E-state index in [0.717, 1.165) is 22.4 Å². The number of benzene rings is 4. The highest BCUT2D eigenvalue weighted by atomic mass is 35.5. The van der Waals surface area contributed by atoms with Crippen LogP contribution < -0.4 is 9.88 Å². The Balaban J connectivity index is 1.52. The second-order valence-corrected chi connectivity index (χ2v) is 9.34. The number of hydrogen-bond acceptors (Lipinski definition) is 4. The molecule has 0 spiro atoms. The maximum atomic E-state index is 12.9. The number of halogens is 1. The van der Waals surface area contributed by atoms with Crippen molar-refractivity contribution in [3.05, 3.63) is 119 Å². The predicted octanol–water partition coefficient (Wildman–Crippen LogP) is 5.46. The Kier molecular flexibility index (Phi) is 6.60. The lowest BCUT2D eigenvalue weighted by molar-refractivity contribution is 0.103. The molecule has 0 radical (unpaired) electrons. The van der Waals surface area contributed by atoms with E-state index in [1.165, 1.54) is 18.2 Å². The SMILES string of the molecule is NS(=O)(=O)c1cc(C(=O)c2ccc(-c3cccc(OCc4ccccc4)c3)cc2)ccc1Cl. The van der Waals surface area contributed by atoms with Crippen LogP contribution in [0, 0.1) is 0 Å². The van der Waals surface area contributed by atoms with Gasteiger partial charge in [-0.25, -0.2) is 13.6 Å². The van der Waals surface area contributed by atoms with Crippen molar-refractivity contribution in [3.63, 3.8) is 0 Å². The average molecular weight is 478 g/mol. The number of rotatable bonds is 7. The zero-order valence-electron chi connectivity index (χ0n) is 17.4. The van der Waals surface area contributed by atoms with Crippen molar-refractivity contribution in [2.24, 2.45) is 5.14 Å². The topological polar surface area (TPSA) is 86.5 Å². The maximum Gasteiger partial charge on any atom is 0.239 e. The van der Waals surface area contributed by atoms with Gasteiger partial charge < -0.3 is 4.74 Å². The predicted molar refractivity (Wildman–Crippen MR) is 129 cm³/mol. The molecule has 0 saturated carbocycles. The molecule has 4 rings (SSSR count). The number of nitrogens with two attached hydrogens (primary N) is 1. The smallest absolute Gasteiger partial charge is 0.239 e. The summed E-state index contributed by atoms with van der Waals surface area (Å²) >= 11 is 5.91. The van der Waals surface area contributed by atoms with Gasteiger partial charge in [0, 0.05) is 11.1 Å². The van der Waals surface area contributed by atoms with Crippen LogP contribution in [0.3, 0.4) is 0 Å². The van der Waals surface area contributed by atoms with Crippen LogP contribution in [-0.2, 0) is 16.6 Å². The molecule has 33 heavy (non-hydrogen) atoms. The summed E-state index contributed by atoms with van der Waals surface area (Å²) in [6, 6.07) is 28.7. The number of carbonyl (C=O) groups is 1. The van der Waals surface area contributed by atoms with Crippen LogP contribution in [0.1, 0.15) is 21.5 Å². The molecular formula is C26H20ClNO4S. The maximum absolute atomic E-state index is 12.9. The Bertz CT molecular complexity index is 1400. The molecule has 0 amide bonds.